The van der Waals surface area contributed by atoms with Gasteiger partial charge in [0, 0.05) is 35.9 Å². The van der Waals surface area contributed by atoms with E-state index < -0.39 is 0 Å². The number of benzene rings is 2. The Morgan fingerprint density at radius 1 is 1.06 bits per heavy atom. The summed E-state index contributed by atoms with van der Waals surface area (Å²) >= 11 is 11.4. The first-order valence-electron chi connectivity index (χ1n) is 5.51. The highest BCUT2D eigenvalue weighted by atomic mass is 79.9. The molecule has 0 amide bonds. The van der Waals surface area contributed by atoms with Gasteiger partial charge in [0.2, 0.25) is 0 Å². The molecular formula is C14H7BrClNS. The summed E-state index contributed by atoms with van der Waals surface area (Å²) in [6, 6.07) is 12.4. The van der Waals surface area contributed by atoms with Crippen LogP contribution in [-0.2, 0) is 0 Å². The van der Waals surface area contributed by atoms with Crippen molar-refractivity contribution in [2.45, 2.75) is 0 Å². The van der Waals surface area contributed by atoms with Crippen molar-refractivity contribution in [3.05, 3.63) is 45.9 Å². The summed E-state index contributed by atoms with van der Waals surface area (Å²) < 4.78 is 2.36. The number of H-pyrrole nitrogens is 1. The van der Waals surface area contributed by atoms with E-state index in [9.17, 15) is 0 Å². The van der Waals surface area contributed by atoms with Gasteiger partial charge in [-0.05, 0) is 30.3 Å². The summed E-state index contributed by atoms with van der Waals surface area (Å²) in [5.41, 5.74) is 1.16. The highest BCUT2D eigenvalue weighted by Crippen LogP contribution is 2.39. The molecule has 0 radical (unpaired) electrons. The predicted molar refractivity (Wildman–Crippen MR) is 83.9 cm³/mol. The summed E-state index contributed by atoms with van der Waals surface area (Å²) in [5.74, 6) is 0. The number of halogens is 2. The van der Waals surface area contributed by atoms with Gasteiger partial charge in [0.15, 0.2) is 0 Å². The van der Waals surface area contributed by atoms with Crippen molar-refractivity contribution < 1.29 is 0 Å². The summed E-state index contributed by atoms with van der Waals surface area (Å²) in [5, 5.41) is 4.55. The van der Waals surface area contributed by atoms with Gasteiger partial charge >= 0.3 is 0 Å². The first-order valence-corrected chi connectivity index (χ1v) is 7.50. The summed E-state index contributed by atoms with van der Waals surface area (Å²) in [7, 11) is 0. The fraction of sp³-hybridized carbons (Fsp3) is 0. The van der Waals surface area contributed by atoms with Gasteiger partial charge in [-0.2, -0.15) is 0 Å². The zero-order valence-electron chi connectivity index (χ0n) is 9.13. The molecule has 0 unspecified atom stereocenters. The third-order valence-corrected chi connectivity index (χ3v) is 4.96. The van der Waals surface area contributed by atoms with E-state index in [-0.39, 0.29) is 0 Å². The molecule has 0 saturated heterocycles. The molecule has 0 aliphatic carbocycles. The molecule has 18 heavy (non-hydrogen) atoms. The summed E-state index contributed by atoms with van der Waals surface area (Å²) in [4.78, 5) is 4.68. The number of aromatic amines is 1. The number of fused-ring (bicyclic) bond motifs is 5. The molecule has 4 aromatic rings. The molecule has 0 saturated carbocycles. The van der Waals surface area contributed by atoms with Crippen molar-refractivity contribution >= 4 is 70.1 Å². The molecule has 4 heteroatoms. The lowest BCUT2D eigenvalue weighted by molar-refractivity contribution is 1.57. The lowest BCUT2D eigenvalue weighted by Gasteiger charge is -1.94. The second-order valence-electron chi connectivity index (χ2n) is 4.26. The number of thiophene rings is 1. The minimum absolute atomic E-state index is 0.786. The van der Waals surface area contributed by atoms with Crippen LogP contribution in [0.15, 0.2) is 40.9 Å². The SMILES string of the molecule is Clc1ccc2sc3[nH]c4cc(Br)ccc4c3c2c1. The van der Waals surface area contributed by atoms with E-state index in [1.807, 2.05) is 12.1 Å². The van der Waals surface area contributed by atoms with Crippen molar-refractivity contribution in [2.75, 3.05) is 0 Å². The quantitative estimate of drug-likeness (QED) is 0.408. The third-order valence-electron chi connectivity index (χ3n) is 3.15. The van der Waals surface area contributed by atoms with E-state index in [4.69, 9.17) is 11.6 Å². The zero-order valence-corrected chi connectivity index (χ0v) is 12.3. The third kappa shape index (κ3) is 1.44. The smallest absolute Gasteiger partial charge is 0.102 e. The van der Waals surface area contributed by atoms with Crippen molar-refractivity contribution in [2.24, 2.45) is 0 Å². The Balaban J connectivity index is 2.28. The maximum absolute atomic E-state index is 6.11. The average Bonchev–Trinajstić information content (AvgIpc) is 2.83. The van der Waals surface area contributed by atoms with E-state index in [0.29, 0.717) is 0 Å². The van der Waals surface area contributed by atoms with Crippen molar-refractivity contribution in [1.29, 1.82) is 0 Å². The Hall–Kier alpha value is -1.03. The van der Waals surface area contributed by atoms with Crippen LogP contribution in [0.25, 0.3) is 31.2 Å². The maximum Gasteiger partial charge on any atom is 0.102 e. The lowest BCUT2D eigenvalue weighted by Crippen LogP contribution is -1.69. The minimum Gasteiger partial charge on any atom is -0.346 e. The van der Waals surface area contributed by atoms with Gasteiger partial charge in [0.05, 0.1) is 0 Å². The highest BCUT2D eigenvalue weighted by molar-refractivity contribution is 9.10. The van der Waals surface area contributed by atoms with Crippen molar-refractivity contribution in [3.63, 3.8) is 0 Å². The molecule has 4 rings (SSSR count). The lowest BCUT2D eigenvalue weighted by atomic mass is 10.1. The average molecular weight is 337 g/mol. The van der Waals surface area contributed by atoms with Gasteiger partial charge in [-0.3, -0.25) is 0 Å². The molecule has 2 heterocycles. The predicted octanol–water partition coefficient (Wildman–Crippen LogP) is 5.95. The topological polar surface area (TPSA) is 15.8 Å². The highest BCUT2D eigenvalue weighted by Gasteiger charge is 2.11. The zero-order chi connectivity index (χ0) is 12.3. The van der Waals surface area contributed by atoms with Gasteiger partial charge in [-0.25, -0.2) is 0 Å². The molecule has 0 atom stereocenters. The molecule has 2 aromatic heterocycles. The van der Waals surface area contributed by atoms with Crippen LogP contribution < -0.4 is 0 Å². The van der Waals surface area contributed by atoms with Crippen molar-refractivity contribution in [1.82, 2.24) is 4.98 Å². The molecule has 0 spiro atoms. The van der Waals surface area contributed by atoms with E-state index >= 15 is 0 Å². The van der Waals surface area contributed by atoms with Crippen LogP contribution in [0, 0.1) is 0 Å². The molecule has 1 nitrogen and oxygen atoms in total. The first kappa shape index (κ1) is 10.9. The molecule has 0 fully saturated rings. The second kappa shape index (κ2) is 3.73. The summed E-state index contributed by atoms with van der Waals surface area (Å²) in [6.07, 6.45) is 0. The van der Waals surface area contributed by atoms with Gasteiger partial charge in [-0.15, -0.1) is 11.3 Å². The van der Waals surface area contributed by atoms with Crippen LogP contribution in [-0.4, -0.2) is 4.98 Å². The number of hydrogen-bond acceptors (Lipinski definition) is 1. The molecule has 0 aliphatic rings. The van der Waals surface area contributed by atoms with E-state index in [0.717, 1.165) is 15.0 Å². The Morgan fingerprint density at radius 3 is 2.83 bits per heavy atom. The van der Waals surface area contributed by atoms with Crippen LogP contribution >= 0.6 is 38.9 Å². The van der Waals surface area contributed by atoms with Crippen LogP contribution in [0.5, 0.6) is 0 Å². The normalized spacial score (nSPS) is 11.9. The largest absolute Gasteiger partial charge is 0.346 e. The van der Waals surface area contributed by atoms with E-state index in [1.165, 1.54) is 25.7 Å². The number of aromatic nitrogens is 1. The van der Waals surface area contributed by atoms with Crippen LogP contribution in [0.4, 0.5) is 0 Å². The van der Waals surface area contributed by atoms with E-state index in [2.05, 4.69) is 45.2 Å². The molecule has 1 N–H and O–H groups in total. The number of hydrogen-bond donors (Lipinski definition) is 1. The minimum atomic E-state index is 0.786. The molecule has 88 valence electrons. The Bertz CT molecular complexity index is 906. The first-order chi connectivity index (χ1) is 8.72. The Labute approximate surface area is 120 Å². The van der Waals surface area contributed by atoms with Gasteiger partial charge in [-0.1, -0.05) is 33.6 Å². The number of nitrogens with one attached hydrogen (secondary N) is 1. The van der Waals surface area contributed by atoms with Crippen LogP contribution in [0.2, 0.25) is 5.02 Å². The molecule has 0 bridgehead atoms. The summed E-state index contributed by atoms with van der Waals surface area (Å²) in [6.45, 7) is 0. The van der Waals surface area contributed by atoms with Crippen LogP contribution in [0.1, 0.15) is 0 Å². The molecular weight excluding hydrogens is 330 g/mol. The monoisotopic (exact) mass is 335 g/mol. The Morgan fingerprint density at radius 2 is 1.94 bits per heavy atom. The van der Waals surface area contributed by atoms with Gasteiger partial charge in [0.25, 0.3) is 0 Å². The van der Waals surface area contributed by atoms with E-state index in [1.54, 1.807) is 11.3 Å². The van der Waals surface area contributed by atoms with Crippen LogP contribution in [0.3, 0.4) is 0 Å². The molecule has 0 aliphatic heterocycles. The number of rotatable bonds is 0. The maximum atomic E-state index is 6.11. The fourth-order valence-corrected chi connectivity index (χ4v) is 4.03. The molecule has 2 aromatic carbocycles. The Kier molecular flexibility index (Phi) is 2.25. The second-order valence-corrected chi connectivity index (χ2v) is 6.67. The fourth-order valence-electron chi connectivity index (χ4n) is 2.39. The van der Waals surface area contributed by atoms with Crippen molar-refractivity contribution in [3.8, 4) is 0 Å². The standard InChI is InChI=1S/C14H7BrClNS/c15-7-1-3-9-11(5-7)17-14-13(9)10-6-8(16)2-4-12(10)18-14/h1-6,17H. The van der Waals surface area contributed by atoms with Gasteiger partial charge in [0.1, 0.15) is 4.83 Å². The van der Waals surface area contributed by atoms with Gasteiger partial charge < -0.3 is 4.98 Å².